The molecule has 0 aromatic carbocycles. The van der Waals surface area contributed by atoms with Gasteiger partial charge in [0.1, 0.15) is 0 Å². The van der Waals surface area contributed by atoms with E-state index in [0.29, 0.717) is 0 Å². The quantitative estimate of drug-likeness (QED) is 0.505. The van der Waals surface area contributed by atoms with Crippen LogP contribution in [0, 0.1) is 0 Å². The molecule has 0 aliphatic carbocycles. The zero-order valence-electron chi connectivity index (χ0n) is 2.63. The molecule has 0 saturated heterocycles. The van der Waals surface area contributed by atoms with Crippen molar-refractivity contribution in [1.82, 2.24) is 0 Å². The van der Waals surface area contributed by atoms with Gasteiger partial charge in [0.05, 0.1) is 0 Å². The van der Waals surface area contributed by atoms with Crippen LogP contribution in [0.1, 0.15) is 0 Å². The average Bonchev–Trinajstić information content (AvgIpc) is 0. The van der Waals surface area contributed by atoms with E-state index in [9.17, 15) is 0 Å². The van der Waals surface area contributed by atoms with E-state index in [0.717, 1.165) is 0 Å². The molecule has 0 atom stereocenters. The van der Waals surface area contributed by atoms with E-state index in [1.807, 2.05) is 0 Å². The molecule has 0 rings (SSSR count). The Bertz CT molecular complexity index is 6.85. The van der Waals surface area contributed by atoms with Gasteiger partial charge < -0.3 is 16.4 Å². The van der Waals surface area contributed by atoms with Crippen molar-refractivity contribution in [3.05, 3.63) is 0 Å². The van der Waals surface area contributed by atoms with E-state index in [4.69, 9.17) is 0 Å². The van der Waals surface area contributed by atoms with Crippen LogP contribution in [-0.2, 0) is 19.5 Å². The van der Waals surface area contributed by atoms with E-state index in [1.54, 1.807) is 0 Å². The van der Waals surface area contributed by atoms with E-state index in [1.165, 1.54) is 0 Å². The fourth-order valence-corrected chi connectivity index (χ4v) is 0. The van der Waals surface area contributed by atoms with Gasteiger partial charge >= 0.3 is 25.8 Å². The summed E-state index contributed by atoms with van der Waals surface area (Å²) in [5, 5.41) is 0. The molecular weight excluding hydrogens is 228 g/mol. The maximum atomic E-state index is 0. The minimum Gasteiger partial charge on any atom is -0.870 e. The third-order valence-electron chi connectivity index (χ3n) is 0. The van der Waals surface area contributed by atoms with Crippen molar-refractivity contribution in [3.8, 4) is 0 Å². The van der Waals surface area contributed by atoms with Gasteiger partial charge in [0, 0.05) is 19.5 Å². The Kier molecular flexibility index (Phi) is 1060. The summed E-state index contributed by atoms with van der Waals surface area (Å²) in [5.41, 5.74) is 0. The van der Waals surface area contributed by atoms with Crippen LogP contribution >= 0.6 is 0 Å². The maximum Gasteiger partial charge on any atom is 3.00 e. The normalized spacial score (nSPS) is 0. The summed E-state index contributed by atoms with van der Waals surface area (Å²) in [6.07, 6.45) is 0. The molecule has 3 nitrogen and oxygen atoms in total. The molecule has 0 heterocycles. The van der Waals surface area contributed by atoms with Crippen molar-refractivity contribution in [3.63, 3.8) is 0 Å². The summed E-state index contributed by atoms with van der Waals surface area (Å²) < 4.78 is 0. The summed E-state index contributed by atoms with van der Waals surface area (Å²) in [6.45, 7) is 0. The molecule has 26 valence electrons. The summed E-state index contributed by atoms with van der Waals surface area (Å²) in [5.74, 6) is 0. The van der Waals surface area contributed by atoms with Gasteiger partial charge in [-0.25, -0.2) is 0 Å². The first-order chi connectivity index (χ1) is 0. The molecule has 0 aliphatic rings. The zero-order valence-corrected chi connectivity index (χ0v) is 8.89. The molecule has 0 aliphatic heterocycles. The van der Waals surface area contributed by atoms with Crippen molar-refractivity contribution < 1.29 is 35.9 Å². The number of hydrogen-bond acceptors (Lipinski definition) is 3. The Morgan fingerprint density at radius 3 is 0.600 bits per heavy atom. The predicted molar refractivity (Wildman–Crippen MR) is 11.6 cm³/mol. The standard InChI is InChI=1S/In.3H2O.Zn/h;3*1H2;/q+3;;;;/p-3. The van der Waals surface area contributed by atoms with Gasteiger partial charge in [0.2, 0.25) is 0 Å². The van der Waals surface area contributed by atoms with E-state index < -0.39 is 0 Å². The second-order valence-electron chi connectivity index (χ2n) is 0. The molecule has 0 bridgehead atoms. The average molecular weight is 231 g/mol. The smallest absolute Gasteiger partial charge is 0.870 e. The van der Waals surface area contributed by atoms with Crippen LogP contribution < -0.4 is 0 Å². The van der Waals surface area contributed by atoms with Crippen LogP contribution in [0.3, 0.4) is 0 Å². The Hall–Kier alpha value is 1.37. The Morgan fingerprint density at radius 1 is 0.600 bits per heavy atom. The van der Waals surface area contributed by atoms with Crippen LogP contribution in [-0.4, -0.2) is 42.3 Å². The molecule has 0 aromatic rings. The topological polar surface area (TPSA) is 90.0 Å². The Labute approximate surface area is 61.6 Å². The molecule has 0 spiro atoms. The van der Waals surface area contributed by atoms with Crippen LogP contribution in [0.2, 0.25) is 0 Å². The molecule has 0 unspecified atom stereocenters. The molecule has 5 heavy (non-hydrogen) atoms. The first-order valence-corrected chi connectivity index (χ1v) is 0. The minimum absolute atomic E-state index is 0. The van der Waals surface area contributed by atoms with Crippen molar-refractivity contribution in [2.45, 2.75) is 0 Å². The van der Waals surface area contributed by atoms with Gasteiger partial charge in [-0.3, -0.25) is 0 Å². The molecular formula is H3InO3Zn. The van der Waals surface area contributed by atoms with E-state index in [2.05, 4.69) is 0 Å². The van der Waals surface area contributed by atoms with Gasteiger partial charge in [-0.15, -0.1) is 0 Å². The van der Waals surface area contributed by atoms with Crippen molar-refractivity contribution in [2.75, 3.05) is 0 Å². The van der Waals surface area contributed by atoms with Gasteiger partial charge in [-0.2, -0.15) is 0 Å². The molecule has 0 fully saturated rings. The van der Waals surface area contributed by atoms with Crippen LogP contribution in [0.15, 0.2) is 0 Å². The second-order valence-corrected chi connectivity index (χ2v) is 0. The monoisotopic (exact) mass is 230 g/mol. The predicted octanol–water partition coefficient (Wildman–Crippen LogP) is -0.914. The van der Waals surface area contributed by atoms with E-state index in [-0.39, 0.29) is 61.7 Å². The van der Waals surface area contributed by atoms with Crippen molar-refractivity contribution >= 4 is 25.8 Å². The van der Waals surface area contributed by atoms with Crippen molar-refractivity contribution in [1.29, 1.82) is 0 Å². The molecule has 0 amide bonds. The third kappa shape index (κ3) is 32.4. The van der Waals surface area contributed by atoms with Gasteiger partial charge in [0.25, 0.3) is 0 Å². The van der Waals surface area contributed by atoms with Crippen LogP contribution in [0.4, 0.5) is 0 Å². The van der Waals surface area contributed by atoms with Gasteiger partial charge in [-0.05, 0) is 0 Å². The van der Waals surface area contributed by atoms with Crippen LogP contribution in [0.25, 0.3) is 0 Å². The first kappa shape index (κ1) is 97.6. The third-order valence-corrected chi connectivity index (χ3v) is 0. The Morgan fingerprint density at radius 2 is 0.600 bits per heavy atom. The van der Waals surface area contributed by atoms with Gasteiger partial charge in [0.15, 0.2) is 0 Å². The summed E-state index contributed by atoms with van der Waals surface area (Å²) in [4.78, 5) is 0. The molecule has 0 radical (unpaired) electrons. The second kappa shape index (κ2) is 54.5. The SMILES string of the molecule is [In+3].[OH-].[OH-].[OH-].[Zn]. The fourth-order valence-electron chi connectivity index (χ4n) is 0. The van der Waals surface area contributed by atoms with Crippen LogP contribution in [0.5, 0.6) is 0 Å². The molecule has 0 saturated carbocycles. The minimum atomic E-state index is 0. The summed E-state index contributed by atoms with van der Waals surface area (Å²) in [7, 11) is 0. The summed E-state index contributed by atoms with van der Waals surface area (Å²) in [6, 6.07) is 0. The van der Waals surface area contributed by atoms with E-state index >= 15 is 0 Å². The van der Waals surface area contributed by atoms with Crippen molar-refractivity contribution in [2.24, 2.45) is 0 Å². The maximum absolute atomic E-state index is 0. The first-order valence-electron chi connectivity index (χ1n) is 0. The molecule has 3 N–H and O–H groups in total. The van der Waals surface area contributed by atoms with Gasteiger partial charge in [-0.1, -0.05) is 0 Å². The fraction of sp³-hybridized carbons (Fsp3) is 0. The largest absolute Gasteiger partial charge is 3.00 e. The Balaban J connectivity index is 0. The number of rotatable bonds is 0. The molecule has 5 heteroatoms. The number of hydrogen-bond donors (Lipinski definition) is 0. The zero-order chi connectivity index (χ0) is 0. The summed E-state index contributed by atoms with van der Waals surface area (Å²) >= 11 is 0. The molecule has 0 aromatic heterocycles.